The molecule has 9 rings (SSSR count). The van der Waals surface area contributed by atoms with E-state index in [0.29, 0.717) is 0 Å². The first-order chi connectivity index (χ1) is 21.3. The highest BCUT2D eigenvalue weighted by Crippen LogP contribution is 2.43. The van der Waals surface area contributed by atoms with Crippen LogP contribution in [0.3, 0.4) is 0 Å². The lowest BCUT2D eigenvalue weighted by Gasteiger charge is -2.25. The highest BCUT2D eigenvalue weighted by molar-refractivity contribution is 6.22. The Hall–Kier alpha value is -5.80. The molecule has 0 saturated carbocycles. The Balaban J connectivity index is 1.21. The second-order valence-electron chi connectivity index (χ2n) is 10.9. The third-order valence-electron chi connectivity index (χ3n) is 8.44. The summed E-state index contributed by atoms with van der Waals surface area (Å²) in [6, 6.07) is 53.1. The van der Waals surface area contributed by atoms with Gasteiger partial charge in [0.05, 0.1) is 0 Å². The lowest BCUT2D eigenvalue weighted by molar-refractivity contribution is 0.669. The van der Waals surface area contributed by atoms with Gasteiger partial charge in [-0.2, -0.15) is 0 Å². The van der Waals surface area contributed by atoms with Crippen molar-refractivity contribution in [2.45, 2.75) is 0 Å². The maximum absolute atomic E-state index is 6.51. The third-order valence-corrected chi connectivity index (χ3v) is 8.44. The summed E-state index contributed by atoms with van der Waals surface area (Å²) in [5.41, 5.74) is 9.06. The molecule has 3 nitrogen and oxygen atoms in total. The van der Waals surface area contributed by atoms with Gasteiger partial charge < -0.3 is 13.7 Å². The predicted octanol–water partition coefficient (Wildman–Crippen LogP) is 11.8. The molecule has 9 aromatic rings. The Morgan fingerprint density at radius 3 is 1.81 bits per heavy atom. The normalized spacial score (nSPS) is 11.7. The van der Waals surface area contributed by atoms with Gasteiger partial charge in [0, 0.05) is 44.2 Å². The fraction of sp³-hybridized carbons (Fsp3) is 0. The van der Waals surface area contributed by atoms with E-state index in [1.54, 1.807) is 0 Å². The molecular weight excluding hydrogens is 526 g/mol. The monoisotopic (exact) mass is 551 g/mol. The van der Waals surface area contributed by atoms with Crippen molar-refractivity contribution in [3.05, 3.63) is 152 Å². The predicted molar refractivity (Wildman–Crippen MR) is 179 cm³/mol. The zero-order valence-corrected chi connectivity index (χ0v) is 23.2. The Labute approximate surface area is 247 Å². The summed E-state index contributed by atoms with van der Waals surface area (Å²) in [4.78, 5) is 2.29. The standard InChI is InChI=1S/C40H25NO2/c1-2-11-28(12-3-1)41(30-22-23-38-35(25-30)32-14-6-8-16-36(32)42-38)29-20-18-26(19-21-29)34-24-27-10-4-5-13-31(27)39-33-15-7-9-17-37(33)43-40(34)39/h1-25H. The van der Waals surface area contributed by atoms with Crippen LogP contribution >= 0.6 is 0 Å². The molecule has 7 aromatic carbocycles. The number of hydrogen-bond acceptors (Lipinski definition) is 3. The fourth-order valence-electron chi connectivity index (χ4n) is 6.46. The van der Waals surface area contributed by atoms with Crippen LogP contribution in [0.25, 0.3) is 65.8 Å². The molecule has 202 valence electrons. The van der Waals surface area contributed by atoms with E-state index >= 15 is 0 Å². The largest absolute Gasteiger partial charge is 0.456 e. The Kier molecular flexibility index (Phi) is 5.20. The third kappa shape index (κ3) is 3.75. The average molecular weight is 552 g/mol. The van der Waals surface area contributed by atoms with E-state index in [0.717, 1.165) is 66.7 Å². The van der Waals surface area contributed by atoms with Crippen LogP contribution in [0, 0.1) is 0 Å². The number of fused-ring (bicyclic) bond motifs is 8. The van der Waals surface area contributed by atoms with Crippen molar-refractivity contribution in [3.8, 4) is 11.1 Å². The summed E-state index contributed by atoms with van der Waals surface area (Å²) in [6.07, 6.45) is 0. The van der Waals surface area contributed by atoms with Crippen molar-refractivity contribution >= 4 is 71.7 Å². The van der Waals surface area contributed by atoms with Gasteiger partial charge >= 0.3 is 0 Å². The van der Waals surface area contributed by atoms with Crippen LogP contribution < -0.4 is 4.90 Å². The first kappa shape index (κ1) is 23.9. The highest BCUT2D eigenvalue weighted by atomic mass is 16.3. The van der Waals surface area contributed by atoms with E-state index in [-0.39, 0.29) is 0 Å². The van der Waals surface area contributed by atoms with Crippen LogP contribution in [0.1, 0.15) is 0 Å². The van der Waals surface area contributed by atoms with Crippen LogP contribution in [0.2, 0.25) is 0 Å². The first-order valence-electron chi connectivity index (χ1n) is 14.5. The zero-order valence-electron chi connectivity index (χ0n) is 23.2. The van der Waals surface area contributed by atoms with Crippen LogP contribution in [0.4, 0.5) is 17.1 Å². The van der Waals surface area contributed by atoms with Gasteiger partial charge in [-0.25, -0.2) is 0 Å². The molecule has 0 fully saturated rings. The lowest BCUT2D eigenvalue weighted by Crippen LogP contribution is -2.09. The number of nitrogens with zero attached hydrogens (tertiary/aromatic N) is 1. The summed E-state index contributed by atoms with van der Waals surface area (Å²) < 4.78 is 12.6. The summed E-state index contributed by atoms with van der Waals surface area (Å²) >= 11 is 0. The number of benzene rings is 7. The van der Waals surface area contributed by atoms with Gasteiger partial charge in [0.1, 0.15) is 22.3 Å². The molecule has 0 radical (unpaired) electrons. The van der Waals surface area contributed by atoms with E-state index in [1.165, 1.54) is 16.2 Å². The van der Waals surface area contributed by atoms with Crippen molar-refractivity contribution in [3.63, 3.8) is 0 Å². The number of rotatable bonds is 4. The Bertz CT molecular complexity index is 2450. The minimum Gasteiger partial charge on any atom is -0.456 e. The molecule has 0 aliphatic carbocycles. The molecule has 0 unspecified atom stereocenters. The molecule has 0 amide bonds. The van der Waals surface area contributed by atoms with Crippen LogP contribution in [-0.4, -0.2) is 0 Å². The number of furan rings is 2. The van der Waals surface area contributed by atoms with Crippen molar-refractivity contribution in [2.75, 3.05) is 4.90 Å². The molecule has 2 heterocycles. The smallest absolute Gasteiger partial charge is 0.143 e. The molecule has 0 atom stereocenters. The first-order valence-corrected chi connectivity index (χ1v) is 14.5. The van der Waals surface area contributed by atoms with Gasteiger partial charge in [-0.3, -0.25) is 0 Å². The Morgan fingerprint density at radius 2 is 1.00 bits per heavy atom. The molecular formula is C40H25NO2. The van der Waals surface area contributed by atoms with Gasteiger partial charge in [-0.15, -0.1) is 0 Å². The van der Waals surface area contributed by atoms with E-state index < -0.39 is 0 Å². The van der Waals surface area contributed by atoms with E-state index in [1.807, 2.05) is 18.2 Å². The molecule has 0 aliphatic heterocycles. The van der Waals surface area contributed by atoms with E-state index in [2.05, 4.69) is 138 Å². The van der Waals surface area contributed by atoms with Gasteiger partial charge in [0.2, 0.25) is 0 Å². The average Bonchev–Trinajstić information content (AvgIpc) is 3.64. The summed E-state index contributed by atoms with van der Waals surface area (Å²) in [6.45, 7) is 0. The van der Waals surface area contributed by atoms with Crippen LogP contribution in [0.15, 0.2) is 160 Å². The van der Waals surface area contributed by atoms with Gasteiger partial charge in [0.15, 0.2) is 0 Å². The number of para-hydroxylation sites is 3. The molecule has 0 spiro atoms. The van der Waals surface area contributed by atoms with E-state index in [9.17, 15) is 0 Å². The second-order valence-corrected chi connectivity index (χ2v) is 10.9. The second kappa shape index (κ2) is 9.37. The maximum Gasteiger partial charge on any atom is 0.143 e. The molecule has 3 heteroatoms. The van der Waals surface area contributed by atoms with Gasteiger partial charge in [-0.05, 0) is 77.0 Å². The quantitative estimate of drug-likeness (QED) is 0.218. The zero-order chi connectivity index (χ0) is 28.3. The summed E-state index contributed by atoms with van der Waals surface area (Å²) in [5, 5.41) is 6.94. The molecule has 43 heavy (non-hydrogen) atoms. The topological polar surface area (TPSA) is 29.5 Å². The van der Waals surface area contributed by atoms with Gasteiger partial charge in [-0.1, -0.05) is 91.0 Å². The molecule has 2 aromatic heterocycles. The summed E-state index contributed by atoms with van der Waals surface area (Å²) in [7, 11) is 0. The molecule has 0 bridgehead atoms. The molecule has 0 aliphatic rings. The number of anilines is 3. The van der Waals surface area contributed by atoms with E-state index in [4.69, 9.17) is 8.83 Å². The highest BCUT2D eigenvalue weighted by Gasteiger charge is 2.18. The maximum atomic E-state index is 6.51. The van der Waals surface area contributed by atoms with Crippen LogP contribution in [0.5, 0.6) is 0 Å². The minimum absolute atomic E-state index is 0.888. The molecule has 0 N–H and O–H groups in total. The van der Waals surface area contributed by atoms with Crippen LogP contribution in [-0.2, 0) is 0 Å². The lowest BCUT2D eigenvalue weighted by atomic mass is 9.96. The van der Waals surface area contributed by atoms with Gasteiger partial charge in [0.25, 0.3) is 0 Å². The SMILES string of the molecule is c1ccc(N(c2ccc(-c3cc4ccccc4c4c3oc3ccccc34)cc2)c2ccc3oc4ccccc4c3c2)cc1. The molecule has 0 saturated heterocycles. The van der Waals surface area contributed by atoms with Crippen molar-refractivity contribution in [1.82, 2.24) is 0 Å². The Morgan fingerprint density at radius 1 is 0.395 bits per heavy atom. The van der Waals surface area contributed by atoms with Crippen molar-refractivity contribution in [2.24, 2.45) is 0 Å². The fourth-order valence-corrected chi connectivity index (χ4v) is 6.46. The number of hydrogen-bond donors (Lipinski definition) is 0. The van der Waals surface area contributed by atoms with Crippen molar-refractivity contribution < 1.29 is 8.83 Å². The minimum atomic E-state index is 0.888. The summed E-state index contributed by atoms with van der Waals surface area (Å²) in [5.74, 6) is 0. The van der Waals surface area contributed by atoms with Crippen molar-refractivity contribution in [1.29, 1.82) is 0 Å².